The van der Waals surface area contributed by atoms with Gasteiger partial charge in [0.05, 0.1) is 18.4 Å². The Morgan fingerprint density at radius 3 is 2.77 bits per heavy atom. The summed E-state index contributed by atoms with van der Waals surface area (Å²) in [6, 6.07) is 3.94. The third-order valence-electron chi connectivity index (χ3n) is 6.68. The first-order valence-corrected chi connectivity index (χ1v) is 10.4. The average Bonchev–Trinajstić information content (AvgIpc) is 3.07. The van der Waals surface area contributed by atoms with Crippen LogP contribution >= 0.6 is 0 Å². The fourth-order valence-electron chi connectivity index (χ4n) is 5.38. The Bertz CT molecular complexity index is 1180. The highest BCUT2D eigenvalue weighted by Gasteiger charge is 2.69. The number of carbonyl (C=O) groups is 1. The van der Waals surface area contributed by atoms with Crippen LogP contribution in [0.3, 0.4) is 0 Å². The van der Waals surface area contributed by atoms with Crippen molar-refractivity contribution in [2.75, 3.05) is 19.4 Å². The number of rotatable bonds is 6. The highest BCUT2D eigenvalue weighted by molar-refractivity contribution is 5.97. The van der Waals surface area contributed by atoms with Crippen molar-refractivity contribution in [3.8, 4) is 5.75 Å². The summed E-state index contributed by atoms with van der Waals surface area (Å²) in [5.41, 5.74) is 8.15. The van der Waals surface area contributed by atoms with E-state index in [1.807, 2.05) is 4.52 Å². The smallest absolute Gasteiger partial charge is 0.255 e. The molecule has 0 radical (unpaired) electrons. The third-order valence-corrected chi connectivity index (χ3v) is 6.68. The van der Waals surface area contributed by atoms with Crippen LogP contribution in [0.15, 0.2) is 24.5 Å². The fourth-order valence-corrected chi connectivity index (χ4v) is 5.38. The van der Waals surface area contributed by atoms with Crippen molar-refractivity contribution in [2.24, 2.45) is 5.41 Å². The maximum absolute atomic E-state index is 13.6. The number of nitrogens with two attached hydrogens (primary N) is 1. The van der Waals surface area contributed by atoms with E-state index in [1.165, 1.54) is 31.6 Å². The first kappa shape index (κ1) is 19.7. The van der Waals surface area contributed by atoms with Gasteiger partial charge in [0.1, 0.15) is 29.2 Å². The number of hydrogen-bond donors (Lipinski definition) is 2. The van der Waals surface area contributed by atoms with E-state index in [2.05, 4.69) is 29.2 Å². The number of aromatic nitrogens is 4. The number of ether oxygens (including phenoxy) is 1. The number of imidazole rings is 1. The molecule has 8 nitrogen and oxygen atoms in total. The molecule has 0 unspecified atom stereocenters. The molecule has 1 aromatic carbocycles. The fraction of sp³-hybridized carbons (Fsp3) is 0.455. The maximum atomic E-state index is 13.6. The molecule has 3 saturated carbocycles. The first-order chi connectivity index (χ1) is 14.8. The minimum Gasteiger partial charge on any atom is -0.496 e. The van der Waals surface area contributed by atoms with Crippen molar-refractivity contribution in [1.82, 2.24) is 24.9 Å². The number of methoxy groups -OCH3 is 1. The second-order valence-corrected chi connectivity index (χ2v) is 9.22. The molecule has 0 spiro atoms. The Balaban J connectivity index is 1.33. The van der Waals surface area contributed by atoms with Crippen LogP contribution < -0.4 is 15.8 Å². The SMILES string of the molecule is COc1ccc(F)cc1C(=O)NCC12CC(c3nc(C(C)C)n4ncnc(N)c34)(C1)C2. The Morgan fingerprint density at radius 1 is 1.35 bits per heavy atom. The van der Waals surface area contributed by atoms with Gasteiger partial charge in [0.2, 0.25) is 0 Å². The summed E-state index contributed by atoms with van der Waals surface area (Å²) in [6.45, 7) is 4.69. The predicted octanol–water partition coefficient (Wildman–Crippen LogP) is 2.83. The third kappa shape index (κ3) is 2.86. The molecule has 0 atom stereocenters. The molecule has 3 fully saturated rings. The molecule has 31 heavy (non-hydrogen) atoms. The van der Waals surface area contributed by atoms with E-state index in [0.29, 0.717) is 18.1 Å². The lowest BCUT2D eigenvalue weighted by molar-refractivity contribution is -0.137. The molecular formula is C22H25FN6O2. The largest absolute Gasteiger partial charge is 0.496 e. The summed E-state index contributed by atoms with van der Waals surface area (Å²) >= 11 is 0. The number of nitrogen functional groups attached to an aromatic ring is 1. The highest BCUT2D eigenvalue weighted by atomic mass is 19.1. The molecular weight excluding hydrogens is 399 g/mol. The van der Waals surface area contributed by atoms with Gasteiger partial charge in [0.15, 0.2) is 5.82 Å². The molecule has 2 heterocycles. The molecule has 0 aliphatic heterocycles. The Morgan fingerprint density at radius 2 is 2.10 bits per heavy atom. The van der Waals surface area contributed by atoms with Crippen LogP contribution in [0.5, 0.6) is 5.75 Å². The molecule has 3 aliphatic carbocycles. The summed E-state index contributed by atoms with van der Waals surface area (Å²) in [7, 11) is 1.46. The van der Waals surface area contributed by atoms with Crippen LogP contribution in [0.4, 0.5) is 10.2 Å². The van der Waals surface area contributed by atoms with Gasteiger partial charge in [-0.15, -0.1) is 0 Å². The van der Waals surface area contributed by atoms with Crippen LogP contribution in [0.1, 0.15) is 60.9 Å². The zero-order chi connectivity index (χ0) is 22.0. The van der Waals surface area contributed by atoms with Crippen molar-refractivity contribution in [1.29, 1.82) is 0 Å². The molecule has 6 rings (SSSR count). The van der Waals surface area contributed by atoms with Gasteiger partial charge in [0, 0.05) is 17.9 Å². The predicted molar refractivity (Wildman–Crippen MR) is 113 cm³/mol. The number of nitrogens with one attached hydrogen (secondary N) is 1. The second kappa shape index (κ2) is 6.63. The number of nitrogens with zero attached hydrogens (tertiary/aromatic N) is 4. The molecule has 9 heteroatoms. The first-order valence-electron chi connectivity index (χ1n) is 10.4. The van der Waals surface area contributed by atoms with Gasteiger partial charge in [-0.3, -0.25) is 4.79 Å². The van der Waals surface area contributed by atoms with E-state index >= 15 is 0 Å². The minimum atomic E-state index is -0.470. The highest BCUT2D eigenvalue weighted by Crippen LogP contribution is 2.73. The number of hydrogen-bond acceptors (Lipinski definition) is 6. The van der Waals surface area contributed by atoms with E-state index in [9.17, 15) is 9.18 Å². The number of anilines is 1. The Hall–Kier alpha value is -3.23. The van der Waals surface area contributed by atoms with E-state index in [0.717, 1.165) is 36.3 Å². The minimum absolute atomic E-state index is 0.0363. The molecule has 2 bridgehead atoms. The Kier molecular flexibility index (Phi) is 4.22. The monoisotopic (exact) mass is 424 g/mol. The van der Waals surface area contributed by atoms with Crippen LogP contribution in [0, 0.1) is 11.2 Å². The van der Waals surface area contributed by atoms with E-state index in [-0.39, 0.29) is 28.2 Å². The number of halogens is 1. The number of carbonyl (C=O) groups excluding carboxylic acids is 1. The maximum Gasteiger partial charge on any atom is 0.255 e. The van der Waals surface area contributed by atoms with Crippen molar-refractivity contribution in [3.63, 3.8) is 0 Å². The zero-order valence-electron chi connectivity index (χ0n) is 17.8. The summed E-state index contributed by atoms with van der Waals surface area (Å²) in [5.74, 6) is 1.08. The lowest BCUT2D eigenvalue weighted by atomic mass is 9.34. The molecule has 3 N–H and O–H groups in total. The van der Waals surface area contributed by atoms with Crippen molar-refractivity contribution < 1.29 is 13.9 Å². The van der Waals surface area contributed by atoms with Crippen molar-refractivity contribution in [2.45, 2.75) is 44.4 Å². The molecule has 0 saturated heterocycles. The second-order valence-electron chi connectivity index (χ2n) is 9.22. The topological polar surface area (TPSA) is 107 Å². The summed E-state index contributed by atoms with van der Waals surface area (Å²) < 4.78 is 20.6. The van der Waals surface area contributed by atoms with Gasteiger partial charge in [0.25, 0.3) is 5.91 Å². The lowest BCUT2D eigenvalue weighted by Crippen LogP contribution is -2.68. The van der Waals surface area contributed by atoms with Crippen LogP contribution in [0.2, 0.25) is 0 Å². The molecule has 162 valence electrons. The summed E-state index contributed by atoms with van der Waals surface area (Å²) in [5, 5.41) is 7.33. The van der Waals surface area contributed by atoms with Crippen molar-refractivity contribution >= 4 is 17.2 Å². The summed E-state index contributed by atoms with van der Waals surface area (Å²) in [4.78, 5) is 21.7. The van der Waals surface area contributed by atoms with Gasteiger partial charge >= 0.3 is 0 Å². The van der Waals surface area contributed by atoms with Gasteiger partial charge in [-0.1, -0.05) is 13.8 Å². The van der Waals surface area contributed by atoms with Gasteiger partial charge in [-0.2, -0.15) is 5.10 Å². The normalized spacial score (nSPS) is 24.0. The molecule has 3 aliphatic rings. The number of benzene rings is 1. The molecule has 1 amide bonds. The number of fused-ring (bicyclic) bond motifs is 1. The molecule has 3 aromatic rings. The summed E-state index contributed by atoms with van der Waals surface area (Å²) in [6.07, 6.45) is 4.21. The van der Waals surface area contributed by atoms with Gasteiger partial charge in [-0.05, 0) is 42.9 Å². The molecule has 2 aromatic heterocycles. The van der Waals surface area contributed by atoms with Crippen LogP contribution in [-0.2, 0) is 5.41 Å². The van der Waals surface area contributed by atoms with Crippen molar-refractivity contribution in [3.05, 3.63) is 47.4 Å². The van der Waals surface area contributed by atoms with Crippen LogP contribution in [0.25, 0.3) is 5.52 Å². The van der Waals surface area contributed by atoms with E-state index < -0.39 is 5.82 Å². The number of amides is 1. The van der Waals surface area contributed by atoms with E-state index in [4.69, 9.17) is 15.5 Å². The quantitative estimate of drug-likeness (QED) is 0.630. The standard InChI is InChI=1S/C22H25FN6O2/c1-12(2)19-28-17(16-18(24)26-11-27-29(16)19)22-7-21(8-22,9-22)10-25-20(30)14-6-13(23)4-5-15(14)31-3/h4-6,11-12H,7-10H2,1-3H3,(H,25,30)(H2,24,26,27). The van der Waals surface area contributed by atoms with E-state index in [1.54, 1.807) is 0 Å². The zero-order valence-corrected chi connectivity index (χ0v) is 17.8. The average molecular weight is 424 g/mol. The Labute approximate surface area is 179 Å². The van der Waals surface area contributed by atoms with Gasteiger partial charge in [-0.25, -0.2) is 18.9 Å². The van der Waals surface area contributed by atoms with Crippen LogP contribution in [-0.4, -0.2) is 39.1 Å². The van der Waals surface area contributed by atoms with Gasteiger partial charge < -0.3 is 15.8 Å². The lowest BCUT2D eigenvalue weighted by Gasteiger charge is -2.70.